The number of thiophene rings is 1. The highest BCUT2D eigenvalue weighted by atomic mass is 32.2. The fourth-order valence-electron chi connectivity index (χ4n) is 2.96. The molecule has 0 bridgehead atoms. The number of alkyl halides is 3. The molecule has 0 atom stereocenters. The number of benzene rings is 2. The van der Waals surface area contributed by atoms with E-state index in [4.69, 9.17) is 0 Å². The Balaban J connectivity index is 2.13. The topological polar surface area (TPSA) is 34.1 Å². The number of sulfone groups is 1. The number of aryl methyl sites for hydroxylation is 1. The predicted octanol–water partition coefficient (Wildman–Crippen LogP) is 6.09. The molecule has 0 aliphatic heterocycles. The third-order valence-electron chi connectivity index (χ3n) is 4.18. The smallest absolute Gasteiger partial charge is 0.224 e. The Kier molecular flexibility index (Phi) is 5.09. The first-order valence-corrected chi connectivity index (χ1v) is 10.7. The standard InChI is InChI=1S/C19H13F5O2S2/c1-10-5-11(3-4-15(10)19(22,23)24)13-8-27-9-14(13)12-6-16(20)18(17(21)7-12)28(2,25)26/h3-9H,1-2H3. The maximum atomic E-state index is 14.2. The molecule has 0 unspecified atom stereocenters. The van der Waals surface area contributed by atoms with Gasteiger partial charge in [-0.3, -0.25) is 0 Å². The van der Waals surface area contributed by atoms with Crippen molar-refractivity contribution in [2.24, 2.45) is 0 Å². The Hall–Kier alpha value is -2.26. The summed E-state index contributed by atoms with van der Waals surface area (Å²) in [5.41, 5.74) is 0.690. The zero-order valence-electron chi connectivity index (χ0n) is 14.6. The quantitative estimate of drug-likeness (QED) is 0.470. The van der Waals surface area contributed by atoms with Crippen LogP contribution in [0.1, 0.15) is 11.1 Å². The average Bonchev–Trinajstić information content (AvgIpc) is 3.00. The molecule has 0 N–H and O–H groups in total. The van der Waals surface area contributed by atoms with Crippen LogP contribution < -0.4 is 0 Å². The summed E-state index contributed by atoms with van der Waals surface area (Å²) in [7, 11) is -4.09. The molecule has 0 amide bonds. The van der Waals surface area contributed by atoms with E-state index in [1.807, 2.05) is 0 Å². The Morgan fingerprint density at radius 3 is 1.89 bits per heavy atom. The van der Waals surface area contributed by atoms with Crippen LogP contribution in [0.4, 0.5) is 22.0 Å². The van der Waals surface area contributed by atoms with E-state index in [1.54, 1.807) is 10.8 Å². The molecule has 0 aliphatic rings. The van der Waals surface area contributed by atoms with Crippen molar-refractivity contribution in [3.63, 3.8) is 0 Å². The van der Waals surface area contributed by atoms with Crippen LogP contribution in [0.5, 0.6) is 0 Å². The molecule has 0 saturated carbocycles. The number of hydrogen-bond acceptors (Lipinski definition) is 3. The summed E-state index contributed by atoms with van der Waals surface area (Å²) >= 11 is 1.21. The molecule has 1 heterocycles. The highest BCUT2D eigenvalue weighted by Gasteiger charge is 2.32. The molecule has 3 rings (SSSR count). The van der Waals surface area contributed by atoms with Crippen LogP contribution >= 0.6 is 11.3 Å². The van der Waals surface area contributed by atoms with Gasteiger partial charge in [0.2, 0.25) is 0 Å². The Morgan fingerprint density at radius 2 is 1.43 bits per heavy atom. The second kappa shape index (κ2) is 6.97. The number of halogens is 5. The van der Waals surface area contributed by atoms with E-state index in [2.05, 4.69) is 0 Å². The zero-order valence-corrected chi connectivity index (χ0v) is 16.2. The van der Waals surface area contributed by atoms with Gasteiger partial charge in [-0.1, -0.05) is 12.1 Å². The largest absolute Gasteiger partial charge is 0.416 e. The molecule has 0 spiro atoms. The van der Waals surface area contributed by atoms with E-state index in [0.717, 1.165) is 18.2 Å². The van der Waals surface area contributed by atoms with Crippen LogP contribution in [0.25, 0.3) is 22.3 Å². The van der Waals surface area contributed by atoms with Crippen LogP contribution in [0.2, 0.25) is 0 Å². The van der Waals surface area contributed by atoms with Gasteiger partial charge in [-0.05, 0) is 52.6 Å². The monoisotopic (exact) mass is 432 g/mol. The van der Waals surface area contributed by atoms with Crippen molar-refractivity contribution in [1.29, 1.82) is 0 Å². The zero-order chi connectivity index (χ0) is 20.9. The molecule has 0 radical (unpaired) electrons. The summed E-state index contributed by atoms with van der Waals surface area (Å²) in [4.78, 5) is -1.02. The first kappa shape index (κ1) is 20.5. The van der Waals surface area contributed by atoms with E-state index in [0.29, 0.717) is 22.9 Å². The molecule has 2 nitrogen and oxygen atoms in total. The van der Waals surface area contributed by atoms with Gasteiger partial charge in [-0.15, -0.1) is 0 Å². The van der Waals surface area contributed by atoms with E-state index < -0.39 is 38.1 Å². The number of hydrogen-bond donors (Lipinski definition) is 0. The molecule has 0 fully saturated rings. The SMILES string of the molecule is Cc1cc(-c2cscc2-c2cc(F)c(S(C)(=O)=O)c(F)c2)ccc1C(F)(F)F. The summed E-state index contributed by atoms with van der Waals surface area (Å²) in [6.45, 7) is 1.33. The summed E-state index contributed by atoms with van der Waals surface area (Å²) in [5.74, 6) is -2.45. The summed E-state index contributed by atoms with van der Waals surface area (Å²) in [6.07, 6.45) is -3.77. The van der Waals surface area contributed by atoms with Crippen LogP contribution in [0.3, 0.4) is 0 Å². The van der Waals surface area contributed by atoms with Gasteiger partial charge in [0, 0.05) is 17.4 Å². The van der Waals surface area contributed by atoms with Gasteiger partial charge in [0.05, 0.1) is 5.56 Å². The van der Waals surface area contributed by atoms with Crippen molar-refractivity contribution < 1.29 is 30.4 Å². The first-order valence-electron chi connectivity index (χ1n) is 7.83. The van der Waals surface area contributed by atoms with Gasteiger partial charge in [-0.2, -0.15) is 24.5 Å². The highest BCUT2D eigenvalue weighted by molar-refractivity contribution is 7.90. The third-order valence-corrected chi connectivity index (χ3v) is 6.06. The lowest BCUT2D eigenvalue weighted by Gasteiger charge is -2.13. The van der Waals surface area contributed by atoms with Gasteiger partial charge in [-0.25, -0.2) is 17.2 Å². The molecule has 0 saturated heterocycles. The molecule has 1 aromatic heterocycles. The summed E-state index contributed by atoms with van der Waals surface area (Å²) in [6, 6.07) is 5.41. The average molecular weight is 432 g/mol. The lowest BCUT2D eigenvalue weighted by Crippen LogP contribution is -2.07. The lowest BCUT2D eigenvalue weighted by molar-refractivity contribution is -0.138. The molecule has 0 aliphatic carbocycles. The molecular weight excluding hydrogens is 419 g/mol. The van der Waals surface area contributed by atoms with E-state index in [1.165, 1.54) is 30.4 Å². The minimum atomic E-state index is -4.48. The molecule has 3 aromatic rings. The fourth-order valence-corrected chi connectivity index (χ4v) is 4.66. The van der Waals surface area contributed by atoms with Gasteiger partial charge in [0.25, 0.3) is 0 Å². The predicted molar refractivity (Wildman–Crippen MR) is 98.0 cm³/mol. The Morgan fingerprint density at radius 1 is 0.893 bits per heavy atom. The van der Waals surface area contributed by atoms with Crippen LogP contribution in [0, 0.1) is 18.6 Å². The van der Waals surface area contributed by atoms with Crippen molar-refractivity contribution in [1.82, 2.24) is 0 Å². The molecular formula is C19H13F5O2S2. The van der Waals surface area contributed by atoms with Crippen LogP contribution in [-0.4, -0.2) is 14.7 Å². The van der Waals surface area contributed by atoms with Gasteiger partial charge in [0.15, 0.2) is 9.84 Å². The second-order valence-electron chi connectivity index (χ2n) is 6.27. The fraction of sp³-hybridized carbons (Fsp3) is 0.158. The van der Waals surface area contributed by atoms with Crippen LogP contribution in [-0.2, 0) is 16.0 Å². The van der Waals surface area contributed by atoms with Crippen molar-refractivity contribution in [3.8, 4) is 22.3 Å². The molecule has 148 valence electrons. The molecule has 2 aromatic carbocycles. The van der Waals surface area contributed by atoms with Crippen molar-refractivity contribution >= 4 is 21.2 Å². The number of rotatable bonds is 3. The lowest BCUT2D eigenvalue weighted by atomic mass is 9.96. The van der Waals surface area contributed by atoms with Crippen molar-refractivity contribution in [2.45, 2.75) is 18.0 Å². The minimum absolute atomic E-state index is 0.0203. The van der Waals surface area contributed by atoms with E-state index in [-0.39, 0.29) is 11.1 Å². The highest BCUT2D eigenvalue weighted by Crippen LogP contribution is 2.39. The van der Waals surface area contributed by atoms with E-state index >= 15 is 0 Å². The van der Waals surface area contributed by atoms with Gasteiger partial charge < -0.3 is 0 Å². The molecule has 28 heavy (non-hydrogen) atoms. The maximum absolute atomic E-state index is 14.2. The third kappa shape index (κ3) is 3.81. The van der Waals surface area contributed by atoms with E-state index in [9.17, 15) is 30.4 Å². The van der Waals surface area contributed by atoms with Crippen LogP contribution in [0.15, 0.2) is 46.0 Å². The first-order chi connectivity index (χ1) is 12.9. The van der Waals surface area contributed by atoms with Crippen molar-refractivity contribution in [3.05, 3.63) is 63.9 Å². The minimum Gasteiger partial charge on any atom is -0.224 e. The Labute approximate surface area is 162 Å². The van der Waals surface area contributed by atoms with Crippen molar-refractivity contribution in [2.75, 3.05) is 6.26 Å². The summed E-state index contributed by atoms with van der Waals surface area (Å²) in [5, 5.41) is 3.24. The second-order valence-corrected chi connectivity index (χ2v) is 8.96. The Bertz CT molecular complexity index is 1140. The van der Waals surface area contributed by atoms with Gasteiger partial charge >= 0.3 is 6.18 Å². The maximum Gasteiger partial charge on any atom is 0.416 e. The van der Waals surface area contributed by atoms with Gasteiger partial charge in [0.1, 0.15) is 16.5 Å². The molecule has 9 heteroatoms. The normalized spacial score (nSPS) is 12.4. The summed E-state index contributed by atoms with van der Waals surface area (Å²) < 4.78 is 90.4.